The van der Waals surface area contributed by atoms with Crippen LogP contribution in [0.1, 0.15) is 38.4 Å². The summed E-state index contributed by atoms with van der Waals surface area (Å²) in [6.45, 7) is 7.70. The molecule has 1 aliphatic carbocycles. The van der Waals surface area contributed by atoms with Crippen LogP contribution in [0.25, 0.3) is 0 Å². The van der Waals surface area contributed by atoms with Crippen molar-refractivity contribution in [3.63, 3.8) is 0 Å². The lowest BCUT2D eigenvalue weighted by Gasteiger charge is -2.25. The van der Waals surface area contributed by atoms with E-state index in [4.69, 9.17) is 4.74 Å². The van der Waals surface area contributed by atoms with Crippen molar-refractivity contribution in [3.8, 4) is 0 Å². The number of fused-ring (bicyclic) bond motifs is 1. The van der Waals surface area contributed by atoms with Crippen LogP contribution in [-0.4, -0.2) is 28.7 Å². The summed E-state index contributed by atoms with van der Waals surface area (Å²) in [4.78, 5) is 8.65. The van der Waals surface area contributed by atoms with Crippen molar-refractivity contribution in [1.29, 1.82) is 0 Å². The molecule has 0 aliphatic heterocycles. The standard InChI is InChI=1S/C13H21N3O/c1-4-17-13(2,3)8-14-12-10-6-5-7-11(10)15-9-16-12/h9H,4-8H2,1-3H3,(H,14,15,16). The molecule has 0 atom stereocenters. The topological polar surface area (TPSA) is 47.0 Å². The van der Waals surface area contributed by atoms with Gasteiger partial charge in [0.15, 0.2) is 0 Å². The Labute approximate surface area is 103 Å². The van der Waals surface area contributed by atoms with Crippen molar-refractivity contribution in [2.24, 2.45) is 0 Å². The number of anilines is 1. The molecule has 4 nitrogen and oxygen atoms in total. The SMILES string of the molecule is CCOC(C)(C)CNc1ncnc2c1CCC2. The summed E-state index contributed by atoms with van der Waals surface area (Å²) in [6.07, 6.45) is 5.02. The second-order valence-electron chi connectivity index (χ2n) is 5.05. The van der Waals surface area contributed by atoms with Gasteiger partial charge >= 0.3 is 0 Å². The van der Waals surface area contributed by atoms with Crippen LogP contribution < -0.4 is 5.32 Å². The summed E-state index contributed by atoms with van der Waals surface area (Å²) >= 11 is 0. The fourth-order valence-electron chi connectivity index (χ4n) is 2.25. The number of nitrogens with one attached hydrogen (secondary N) is 1. The van der Waals surface area contributed by atoms with Crippen molar-refractivity contribution in [2.45, 2.75) is 45.6 Å². The Morgan fingerprint density at radius 3 is 2.94 bits per heavy atom. The molecule has 1 N–H and O–H groups in total. The molecular formula is C13H21N3O. The normalized spacial score (nSPS) is 14.8. The molecule has 1 heterocycles. The van der Waals surface area contributed by atoms with E-state index < -0.39 is 0 Å². The molecule has 0 saturated heterocycles. The van der Waals surface area contributed by atoms with Crippen molar-refractivity contribution in [2.75, 3.05) is 18.5 Å². The fourth-order valence-corrected chi connectivity index (χ4v) is 2.25. The van der Waals surface area contributed by atoms with E-state index in [9.17, 15) is 0 Å². The Balaban J connectivity index is 2.02. The predicted octanol–water partition coefficient (Wildman–Crippen LogP) is 2.19. The molecule has 0 unspecified atom stereocenters. The lowest BCUT2D eigenvalue weighted by Crippen LogP contribution is -2.33. The van der Waals surface area contributed by atoms with Gasteiger partial charge in [0, 0.05) is 24.4 Å². The molecule has 2 rings (SSSR count). The van der Waals surface area contributed by atoms with Crippen LogP contribution in [0.4, 0.5) is 5.82 Å². The first-order valence-corrected chi connectivity index (χ1v) is 6.33. The molecule has 0 spiro atoms. The monoisotopic (exact) mass is 235 g/mol. The average Bonchev–Trinajstić information content (AvgIpc) is 2.74. The Bertz CT molecular complexity index is 390. The highest BCUT2D eigenvalue weighted by Crippen LogP contribution is 2.25. The van der Waals surface area contributed by atoms with Crippen molar-refractivity contribution in [3.05, 3.63) is 17.6 Å². The number of rotatable bonds is 5. The zero-order valence-corrected chi connectivity index (χ0v) is 10.9. The zero-order valence-electron chi connectivity index (χ0n) is 10.9. The predicted molar refractivity (Wildman–Crippen MR) is 68.3 cm³/mol. The van der Waals surface area contributed by atoms with Gasteiger partial charge < -0.3 is 10.1 Å². The van der Waals surface area contributed by atoms with Crippen LogP contribution in [-0.2, 0) is 17.6 Å². The summed E-state index contributed by atoms with van der Waals surface area (Å²) in [5.41, 5.74) is 2.34. The number of aromatic nitrogens is 2. The van der Waals surface area contributed by atoms with E-state index in [0.717, 1.165) is 31.8 Å². The maximum Gasteiger partial charge on any atom is 0.132 e. The highest BCUT2D eigenvalue weighted by atomic mass is 16.5. The summed E-state index contributed by atoms with van der Waals surface area (Å²) in [5, 5.41) is 3.39. The molecule has 0 amide bonds. The van der Waals surface area contributed by atoms with E-state index in [0.29, 0.717) is 0 Å². The lowest BCUT2D eigenvalue weighted by molar-refractivity contribution is 0.000631. The number of hydrogen-bond donors (Lipinski definition) is 1. The third-order valence-electron chi connectivity index (χ3n) is 3.09. The molecule has 0 aromatic carbocycles. The minimum absolute atomic E-state index is 0.162. The molecule has 1 aliphatic rings. The Kier molecular flexibility index (Phi) is 3.62. The van der Waals surface area contributed by atoms with Gasteiger partial charge in [-0.15, -0.1) is 0 Å². The van der Waals surface area contributed by atoms with E-state index in [-0.39, 0.29) is 5.60 Å². The van der Waals surface area contributed by atoms with Crippen LogP contribution in [0.15, 0.2) is 6.33 Å². The van der Waals surface area contributed by atoms with Gasteiger partial charge in [0.05, 0.1) is 5.60 Å². The second kappa shape index (κ2) is 5.00. The third kappa shape index (κ3) is 2.94. The van der Waals surface area contributed by atoms with Gasteiger partial charge in [-0.3, -0.25) is 0 Å². The highest BCUT2D eigenvalue weighted by Gasteiger charge is 2.21. The summed E-state index contributed by atoms with van der Waals surface area (Å²) < 4.78 is 5.66. The van der Waals surface area contributed by atoms with E-state index in [2.05, 4.69) is 29.1 Å². The fraction of sp³-hybridized carbons (Fsp3) is 0.692. The molecule has 0 fully saturated rings. The minimum Gasteiger partial charge on any atom is -0.374 e. The molecule has 1 aromatic heterocycles. The molecule has 94 valence electrons. The number of hydrogen-bond acceptors (Lipinski definition) is 4. The van der Waals surface area contributed by atoms with Gasteiger partial charge in [-0.1, -0.05) is 0 Å². The third-order valence-corrected chi connectivity index (χ3v) is 3.09. The largest absolute Gasteiger partial charge is 0.374 e. The maximum absolute atomic E-state index is 5.66. The van der Waals surface area contributed by atoms with Gasteiger partial charge in [0.25, 0.3) is 0 Å². The first kappa shape index (κ1) is 12.3. The smallest absolute Gasteiger partial charge is 0.132 e. The first-order valence-electron chi connectivity index (χ1n) is 6.33. The second-order valence-corrected chi connectivity index (χ2v) is 5.05. The first-order chi connectivity index (χ1) is 8.12. The van der Waals surface area contributed by atoms with Crippen molar-refractivity contribution in [1.82, 2.24) is 9.97 Å². The van der Waals surface area contributed by atoms with Crippen LogP contribution in [0, 0.1) is 0 Å². The quantitative estimate of drug-likeness (QED) is 0.850. The molecule has 1 aromatic rings. The molecule has 0 radical (unpaired) electrons. The summed E-state index contributed by atoms with van der Waals surface area (Å²) in [7, 11) is 0. The molecular weight excluding hydrogens is 214 g/mol. The molecule has 0 bridgehead atoms. The Morgan fingerprint density at radius 2 is 2.18 bits per heavy atom. The van der Waals surface area contributed by atoms with Gasteiger partial charge in [0.2, 0.25) is 0 Å². The Morgan fingerprint density at radius 1 is 1.35 bits per heavy atom. The lowest BCUT2D eigenvalue weighted by atomic mass is 10.1. The van der Waals surface area contributed by atoms with E-state index >= 15 is 0 Å². The van der Waals surface area contributed by atoms with E-state index in [1.807, 2.05) is 6.92 Å². The number of aryl methyl sites for hydroxylation is 1. The van der Waals surface area contributed by atoms with Crippen LogP contribution >= 0.6 is 0 Å². The zero-order chi connectivity index (χ0) is 12.3. The minimum atomic E-state index is -0.162. The van der Waals surface area contributed by atoms with Crippen molar-refractivity contribution >= 4 is 5.82 Å². The summed E-state index contributed by atoms with van der Waals surface area (Å²) in [6, 6.07) is 0. The molecule has 0 saturated carbocycles. The number of ether oxygens (including phenoxy) is 1. The number of nitrogens with zero attached hydrogens (tertiary/aromatic N) is 2. The molecule has 4 heteroatoms. The summed E-state index contributed by atoms with van der Waals surface area (Å²) in [5.74, 6) is 0.986. The average molecular weight is 235 g/mol. The van der Waals surface area contributed by atoms with Crippen LogP contribution in [0.2, 0.25) is 0 Å². The van der Waals surface area contributed by atoms with Crippen molar-refractivity contribution < 1.29 is 4.74 Å². The van der Waals surface area contributed by atoms with Crippen LogP contribution in [0.5, 0.6) is 0 Å². The molecule has 17 heavy (non-hydrogen) atoms. The van der Waals surface area contributed by atoms with E-state index in [1.54, 1.807) is 6.33 Å². The van der Waals surface area contributed by atoms with Crippen LogP contribution in [0.3, 0.4) is 0 Å². The maximum atomic E-state index is 5.66. The highest BCUT2D eigenvalue weighted by molar-refractivity contribution is 5.48. The van der Waals surface area contributed by atoms with Gasteiger partial charge in [-0.05, 0) is 40.0 Å². The van der Waals surface area contributed by atoms with Gasteiger partial charge in [-0.25, -0.2) is 9.97 Å². The Hall–Kier alpha value is -1.16. The van der Waals surface area contributed by atoms with Gasteiger partial charge in [0.1, 0.15) is 12.1 Å². The van der Waals surface area contributed by atoms with E-state index in [1.165, 1.54) is 17.7 Å². The van der Waals surface area contributed by atoms with Gasteiger partial charge in [-0.2, -0.15) is 0 Å².